The van der Waals surface area contributed by atoms with Gasteiger partial charge in [0.25, 0.3) is 0 Å². The first kappa shape index (κ1) is 20.4. The van der Waals surface area contributed by atoms with Gasteiger partial charge in [0, 0.05) is 16.6 Å². The van der Waals surface area contributed by atoms with Gasteiger partial charge in [-0.2, -0.15) is 0 Å². The van der Waals surface area contributed by atoms with Crippen LogP contribution >= 0.6 is 11.3 Å². The molecule has 0 radical (unpaired) electrons. The van der Waals surface area contributed by atoms with Crippen molar-refractivity contribution in [3.8, 4) is 0 Å². The van der Waals surface area contributed by atoms with Crippen LogP contribution in [0.3, 0.4) is 0 Å². The summed E-state index contributed by atoms with van der Waals surface area (Å²) in [6.07, 6.45) is 0.936. The molecule has 1 saturated heterocycles. The summed E-state index contributed by atoms with van der Waals surface area (Å²) < 4.78 is 13.0. The summed E-state index contributed by atoms with van der Waals surface area (Å²) in [6.45, 7) is 8.51. The minimum atomic E-state index is -0.337. The lowest BCUT2D eigenvalue weighted by molar-refractivity contribution is 0.00578. The second kappa shape index (κ2) is 8.10. The Bertz CT molecular complexity index is 891. The molecular formula is C25H29BO2S. The molecule has 0 saturated carbocycles. The zero-order chi connectivity index (χ0) is 20.5. The van der Waals surface area contributed by atoms with Gasteiger partial charge < -0.3 is 9.31 Å². The third-order valence-electron chi connectivity index (χ3n) is 6.41. The summed E-state index contributed by atoms with van der Waals surface area (Å²) in [6, 6.07) is 25.9. The van der Waals surface area contributed by atoms with E-state index in [0.717, 1.165) is 6.42 Å². The fourth-order valence-electron chi connectivity index (χ4n) is 4.00. The molecule has 0 spiro atoms. The second-order valence-electron chi connectivity index (χ2n) is 8.86. The molecule has 1 aromatic heterocycles. The van der Waals surface area contributed by atoms with Gasteiger partial charge in [-0.3, -0.25) is 0 Å². The first-order chi connectivity index (χ1) is 13.9. The third kappa shape index (κ3) is 4.21. The van der Waals surface area contributed by atoms with E-state index in [1.54, 1.807) is 0 Å². The molecule has 2 aromatic carbocycles. The SMILES string of the molecule is CC1(C)OB([C@H](C[C@@H](c2ccccc2)c2cccs2)c2ccccc2)OC1(C)C. The van der Waals surface area contributed by atoms with Crippen molar-refractivity contribution in [2.24, 2.45) is 0 Å². The smallest absolute Gasteiger partial charge is 0.403 e. The Morgan fingerprint density at radius 1 is 0.759 bits per heavy atom. The van der Waals surface area contributed by atoms with Gasteiger partial charge in [-0.25, -0.2) is 0 Å². The molecular weight excluding hydrogens is 375 g/mol. The lowest BCUT2D eigenvalue weighted by Gasteiger charge is -2.32. The lowest BCUT2D eigenvalue weighted by atomic mass is 9.63. The molecule has 2 nitrogen and oxygen atoms in total. The standard InChI is InChI=1S/C25H29BO2S/c1-24(2)25(3,4)28-26(27-24)22(20-14-9-6-10-15-20)18-21(23-16-11-17-29-23)19-12-7-5-8-13-19/h5-17,21-22H,18H2,1-4H3/t21-,22+/m0/s1. The molecule has 1 aliphatic rings. The van der Waals surface area contributed by atoms with Crippen LogP contribution < -0.4 is 0 Å². The van der Waals surface area contributed by atoms with Crippen LogP contribution in [0.25, 0.3) is 0 Å². The fraction of sp³-hybridized carbons (Fsp3) is 0.360. The van der Waals surface area contributed by atoms with Gasteiger partial charge >= 0.3 is 7.12 Å². The van der Waals surface area contributed by atoms with Crippen LogP contribution in [0.1, 0.15) is 61.9 Å². The van der Waals surface area contributed by atoms with E-state index in [2.05, 4.69) is 106 Å². The highest BCUT2D eigenvalue weighted by Crippen LogP contribution is 2.45. The van der Waals surface area contributed by atoms with Crippen molar-refractivity contribution in [2.75, 3.05) is 0 Å². The maximum Gasteiger partial charge on any atom is 0.465 e. The molecule has 2 atom stereocenters. The van der Waals surface area contributed by atoms with E-state index in [1.807, 2.05) is 11.3 Å². The predicted molar refractivity (Wildman–Crippen MR) is 122 cm³/mol. The largest absolute Gasteiger partial charge is 0.465 e. The Hall–Kier alpha value is -1.88. The van der Waals surface area contributed by atoms with Crippen molar-refractivity contribution >= 4 is 18.5 Å². The van der Waals surface area contributed by atoms with E-state index in [-0.39, 0.29) is 24.1 Å². The van der Waals surface area contributed by atoms with Gasteiger partial charge in [-0.15, -0.1) is 11.3 Å². The highest BCUT2D eigenvalue weighted by molar-refractivity contribution is 7.10. The minimum absolute atomic E-state index is 0.143. The van der Waals surface area contributed by atoms with Crippen LogP contribution in [-0.2, 0) is 9.31 Å². The second-order valence-corrected chi connectivity index (χ2v) is 9.84. The predicted octanol–water partition coefficient (Wildman–Crippen LogP) is 6.69. The molecule has 4 heteroatoms. The Morgan fingerprint density at radius 3 is 1.83 bits per heavy atom. The van der Waals surface area contributed by atoms with E-state index in [1.165, 1.54) is 16.0 Å². The molecule has 150 valence electrons. The van der Waals surface area contributed by atoms with E-state index in [9.17, 15) is 0 Å². The minimum Gasteiger partial charge on any atom is -0.403 e. The average molecular weight is 404 g/mol. The summed E-state index contributed by atoms with van der Waals surface area (Å²) in [7, 11) is -0.270. The summed E-state index contributed by atoms with van der Waals surface area (Å²) >= 11 is 1.82. The molecule has 0 aliphatic carbocycles. The maximum atomic E-state index is 6.52. The number of rotatable bonds is 6. The van der Waals surface area contributed by atoms with Gasteiger partial charge in [-0.1, -0.05) is 66.7 Å². The quantitative estimate of drug-likeness (QED) is 0.427. The average Bonchev–Trinajstić information content (AvgIpc) is 3.30. The van der Waals surface area contributed by atoms with Crippen molar-refractivity contribution in [1.82, 2.24) is 0 Å². The molecule has 4 rings (SSSR count). The molecule has 29 heavy (non-hydrogen) atoms. The van der Waals surface area contributed by atoms with E-state index in [4.69, 9.17) is 9.31 Å². The Kier molecular flexibility index (Phi) is 5.70. The van der Waals surface area contributed by atoms with Gasteiger partial charge in [-0.05, 0) is 56.7 Å². The van der Waals surface area contributed by atoms with Crippen LogP contribution in [0, 0.1) is 0 Å². The van der Waals surface area contributed by atoms with Crippen molar-refractivity contribution < 1.29 is 9.31 Å². The number of hydrogen-bond acceptors (Lipinski definition) is 3. The van der Waals surface area contributed by atoms with Crippen LogP contribution in [0.5, 0.6) is 0 Å². The van der Waals surface area contributed by atoms with Crippen molar-refractivity contribution in [1.29, 1.82) is 0 Å². The monoisotopic (exact) mass is 404 g/mol. The molecule has 0 unspecified atom stereocenters. The summed E-state index contributed by atoms with van der Waals surface area (Å²) in [5.74, 6) is 0.449. The fourth-order valence-corrected chi connectivity index (χ4v) is 4.87. The number of benzene rings is 2. The van der Waals surface area contributed by atoms with Gasteiger partial charge in [0.15, 0.2) is 0 Å². The highest BCUT2D eigenvalue weighted by Gasteiger charge is 2.54. The van der Waals surface area contributed by atoms with Gasteiger partial charge in [0.1, 0.15) is 0 Å². The summed E-state index contributed by atoms with van der Waals surface area (Å²) in [4.78, 5) is 1.38. The first-order valence-electron chi connectivity index (χ1n) is 10.4. The van der Waals surface area contributed by atoms with Crippen LogP contribution in [0.2, 0.25) is 0 Å². The molecule has 1 aliphatic heterocycles. The van der Waals surface area contributed by atoms with Crippen molar-refractivity contribution in [2.45, 2.75) is 57.1 Å². The van der Waals surface area contributed by atoms with Crippen molar-refractivity contribution in [3.05, 3.63) is 94.2 Å². The number of hydrogen-bond donors (Lipinski definition) is 0. The molecule has 3 aromatic rings. The third-order valence-corrected chi connectivity index (χ3v) is 7.39. The molecule has 0 amide bonds. The maximum absolute atomic E-state index is 6.52. The zero-order valence-electron chi connectivity index (χ0n) is 17.7. The van der Waals surface area contributed by atoms with Gasteiger partial charge in [0.2, 0.25) is 0 Å². The Labute approximate surface area is 179 Å². The lowest BCUT2D eigenvalue weighted by Crippen LogP contribution is -2.41. The van der Waals surface area contributed by atoms with Crippen LogP contribution in [-0.4, -0.2) is 18.3 Å². The Morgan fingerprint density at radius 2 is 1.31 bits per heavy atom. The molecule has 2 heterocycles. The van der Waals surface area contributed by atoms with E-state index >= 15 is 0 Å². The highest BCUT2D eigenvalue weighted by atomic mass is 32.1. The van der Waals surface area contributed by atoms with Crippen LogP contribution in [0.4, 0.5) is 0 Å². The van der Waals surface area contributed by atoms with E-state index < -0.39 is 0 Å². The molecule has 0 bridgehead atoms. The van der Waals surface area contributed by atoms with Gasteiger partial charge in [0.05, 0.1) is 11.2 Å². The van der Waals surface area contributed by atoms with Crippen molar-refractivity contribution in [3.63, 3.8) is 0 Å². The van der Waals surface area contributed by atoms with Crippen LogP contribution in [0.15, 0.2) is 78.2 Å². The Balaban J connectivity index is 1.71. The topological polar surface area (TPSA) is 18.5 Å². The van der Waals surface area contributed by atoms with E-state index in [0.29, 0.717) is 5.92 Å². The zero-order valence-corrected chi connectivity index (χ0v) is 18.5. The first-order valence-corrected chi connectivity index (χ1v) is 11.2. The number of thiophene rings is 1. The molecule has 1 fully saturated rings. The molecule has 0 N–H and O–H groups in total. The summed E-state index contributed by atoms with van der Waals surface area (Å²) in [5.41, 5.74) is 1.93. The normalized spacial score (nSPS) is 19.8. The summed E-state index contributed by atoms with van der Waals surface area (Å²) in [5, 5.41) is 2.16.